The molecule has 3 aromatic rings. The van der Waals surface area contributed by atoms with Crippen LogP contribution in [0.1, 0.15) is 37.7 Å². The molecule has 1 saturated carbocycles. The number of nitrogens with one attached hydrogen (secondary N) is 2. The van der Waals surface area contributed by atoms with Crippen LogP contribution in [-0.2, 0) is 27.3 Å². The number of aromatic nitrogens is 2. The van der Waals surface area contributed by atoms with Crippen LogP contribution in [0.3, 0.4) is 0 Å². The van der Waals surface area contributed by atoms with Gasteiger partial charge in [-0.15, -0.1) is 0 Å². The zero-order chi connectivity index (χ0) is 27.5. The van der Waals surface area contributed by atoms with Gasteiger partial charge in [-0.2, -0.15) is 0 Å². The van der Waals surface area contributed by atoms with E-state index in [2.05, 4.69) is 22.8 Å². The van der Waals surface area contributed by atoms with Crippen molar-refractivity contribution in [3.05, 3.63) is 70.5 Å². The van der Waals surface area contributed by atoms with Gasteiger partial charge in [0.1, 0.15) is 0 Å². The van der Waals surface area contributed by atoms with E-state index in [-0.39, 0.29) is 35.0 Å². The van der Waals surface area contributed by atoms with Crippen LogP contribution in [0.25, 0.3) is 10.9 Å². The van der Waals surface area contributed by atoms with Gasteiger partial charge in [0.15, 0.2) is 5.16 Å². The van der Waals surface area contributed by atoms with Gasteiger partial charge in [-0.05, 0) is 62.1 Å². The Morgan fingerprint density at radius 1 is 1.00 bits per heavy atom. The maximum absolute atomic E-state index is 13.5. The minimum atomic E-state index is -0.0937. The standard InChI is InChI=1S/C30H38N4O4S/c1-38-19-7-17-31-27(35)21-39-30-33-26-11-6-5-10-25(26)29(37)34(30)20-23-12-14-24(15-13-23)28(36)32-18-16-22-8-3-2-4-9-22/h2-6,8-11,23-24H,7,12-21H2,1H3,(H,31,35)(H,32,36). The van der Waals surface area contributed by atoms with Gasteiger partial charge in [0.2, 0.25) is 11.8 Å². The van der Waals surface area contributed by atoms with E-state index >= 15 is 0 Å². The number of hydrogen-bond donors (Lipinski definition) is 2. The lowest BCUT2D eigenvalue weighted by Crippen LogP contribution is -2.35. The minimum Gasteiger partial charge on any atom is -0.385 e. The maximum atomic E-state index is 13.5. The van der Waals surface area contributed by atoms with Crippen molar-refractivity contribution in [2.45, 2.75) is 50.2 Å². The Balaban J connectivity index is 1.34. The van der Waals surface area contributed by atoms with Gasteiger partial charge in [0.05, 0.1) is 16.7 Å². The Hall–Kier alpha value is -3.17. The number of hydrogen-bond acceptors (Lipinski definition) is 6. The van der Waals surface area contributed by atoms with Crippen molar-refractivity contribution in [1.29, 1.82) is 0 Å². The smallest absolute Gasteiger partial charge is 0.262 e. The number of amides is 2. The molecule has 39 heavy (non-hydrogen) atoms. The first kappa shape index (κ1) is 28.8. The van der Waals surface area contributed by atoms with Crippen LogP contribution in [0.5, 0.6) is 0 Å². The Morgan fingerprint density at radius 2 is 1.74 bits per heavy atom. The zero-order valence-corrected chi connectivity index (χ0v) is 23.4. The third-order valence-corrected chi connectivity index (χ3v) is 8.20. The molecule has 0 saturated heterocycles. The molecule has 9 heteroatoms. The lowest BCUT2D eigenvalue weighted by molar-refractivity contribution is -0.126. The van der Waals surface area contributed by atoms with Crippen molar-refractivity contribution in [3.8, 4) is 0 Å². The van der Waals surface area contributed by atoms with Crippen molar-refractivity contribution >= 4 is 34.5 Å². The monoisotopic (exact) mass is 550 g/mol. The van der Waals surface area contributed by atoms with E-state index in [4.69, 9.17) is 9.72 Å². The van der Waals surface area contributed by atoms with E-state index in [0.717, 1.165) is 38.5 Å². The van der Waals surface area contributed by atoms with Crippen LogP contribution in [0.4, 0.5) is 0 Å². The normalized spacial score (nSPS) is 17.2. The highest BCUT2D eigenvalue weighted by Gasteiger charge is 2.27. The maximum Gasteiger partial charge on any atom is 0.262 e. The molecule has 4 rings (SSSR count). The van der Waals surface area contributed by atoms with Crippen molar-refractivity contribution < 1.29 is 14.3 Å². The summed E-state index contributed by atoms with van der Waals surface area (Å²) in [6, 6.07) is 17.5. The second-order valence-corrected chi connectivity index (χ2v) is 11.0. The highest BCUT2D eigenvalue weighted by molar-refractivity contribution is 7.99. The first-order valence-electron chi connectivity index (χ1n) is 13.7. The second kappa shape index (κ2) is 14.8. The summed E-state index contributed by atoms with van der Waals surface area (Å²) in [5, 5.41) is 7.13. The third-order valence-electron chi connectivity index (χ3n) is 7.22. The minimum absolute atomic E-state index is 0.0131. The SMILES string of the molecule is COCCCNC(=O)CSc1nc2ccccc2c(=O)n1CC1CCC(C(=O)NCCc2ccccc2)CC1. The highest BCUT2D eigenvalue weighted by atomic mass is 32.2. The van der Waals surface area contributed by atoms with E-state index in [9.17, 15) is 14.4 Å². The summed E-state index contributed by atoms with van der Waals surface area (Å²) < 4.78 is 6.75. The van der Waals surface area contributed by atoms with Crippen LogP contribution in [0.15, 0.2) is 64.5 Å². The van der Waals surface area contributed by atoms with Crippen LogP contribution < -0.4 is 16.2 Å². The fourth-order valence-corrected chi connectivity index (χ4v) is 5.87. The fourth-order valence-electron chi connectivity index (χ4n) is 5.03. The average Bonchev–Trinajstić information content (AvgIpc) is 2.97. The van der Waals surface area contributed by atoms with Crippen molar-refractivity contribution in [3.63, 3.8) is 0 Å². The van der Waals surface area contributed by atoms with E-state index in [1.165, 1.54) is 17.3 Å². The van der Waals surface area contributed by atoms with Crippen molar-refractivity contribution in [1.82, 2.24) is 20.2 Å². The summed E-state index contributed by atoms with van der Waals surface area (Å²) in [4.78, 5) is 43.3. The molecule has 1 aliphatic rings. The van der Waals surface area contributed by atoms with Gasteiger partial charge in [-0.3, -0.25) is 19.0 Å². The highest BCUT2D eigenvalue weighted by Crippen LogP contribution is 2.31. The molecule has 0 unspecified atom stereocenters. The summed E-state index contributed by atoms with van der Waals surface area (Å²) in [5.74, 6) is 0.513. The molecule has 8 nitrogen and oxygen atoms in total. The number of thioether (sulfide) groups is 1. The summed E-state index contributed by atoms with van der Waals surface area (Å²) in [6.45, 7) is 2.32. The lowest BCUT2D eigenvalue weighted by atomic mass is 9.81. The summed E-state index contributed by atoms with van der Waals surface area (Å²) >= 11 is 1.29. The molecule has 0 atom stereocenters. The Kier molecular flexibility index (Phi) is 11.0. The van der Waals surface area contributed by atoms with Crippen LogP contribution in [-0.4, -0.2) is 53.9 Å². The van der Waals surface area contributed by atoms with Crippen LogP contribution in [0, 0.1) is 11.8 Å². The molecule has 0 aliphatic heterocycles. The summed E-state index contributed by atoms with van der Waals surface area (Å²) in [6.07, 6.45) is 4.94. The fraction of sp³-hybridized carbons (Fsp3) is 0.467. The van der Waals surface area contributed by atoms with E-state index in [1.807, 2.05) is 36.4 Å². The molecule has 2 amide bonds. The molecule has 2 aromatic carbocycles. The first-order valence-corrected chi connectivity index (χ1v) is 14.7. The number of methoxy groups -OCH3 is 1. The van der Waals surface area contributed by atoms with Gasteiger partial charge >= 0.3 is 0 Å². The number of ether oxygens (including phenoxy) is 1. The van der Waals surface area contributed by atoms with Crippen molar-refractivity contribution in [2.24, 2.45) is 11.8 Å². The van der Waals surface area contributed by atoms with Crippen molar-refractivity contribution in [2.75, 3.05) is 32.6 Å². The number of carbonyl (C=O) groups excluding carboxylic acids is 2. The number of rotatable bonds is 13. The summed E-state index contributed by atoms with van der Waals surface area (Å²) in [5.41, 5.74) is 1.77. The van der Waals surface area contributed by atoms with Gasteiger partial charge in [0.25, 0.3) is 5.56 Å². The number of carbonyl (C=O) groups is 2. The van der Waals surface area contributed by atoms with Gasteiger partial charge in [0, 0.05) is 39.3 Å². The van der Waals surface area contributed by atoms with Gasteiger partial charge in [-0.25, -0.2) is 4.98 Å². The Morgan fingerprint density at radius 3 is 2.51 bits per heavy atom. The average molecular weight is 551 g/mol. The molecule has 1 aliphatic carbocycles. The number of fused-ring (bicyclic) bond motifs is 1. The quantitative estimate of drug-likeness (QED) is 0.191. The number of benzene rings is 2. The molecule has 1 fully saturated rings. The molecule has 208 valence electrons. The predicted octanol–water partition coefficient (Wildman–Crippen LogP) is 3.81. The third kappa shape index (κ3) is 8.41. The molecular weight excluding hydrogens is 512 g/mol. The van der Waals surface area contributed by atoms with Crippen LogP contribution in [0.2, 0.25) is 0 Å². The van der Waals surface area contributed by atoms with E-state index in [0.29, 0.717) is 42.3 Å². The molecule has 1 heterocycles. The van der Waals surface area contributed by atoms with Gasteiger partial charge < -0.3 is 15.4 Å². The number of nitrogens with zero attached hydrogens (tertiary/aromatic N) is 2. The Bertz CT molecular complexity index is 1290. The van der Waals surface area contributed by atoms with E-state index < -0.39 is 0 Å². The topological polar surface area (TPSA) is 102 Å². The summed E-state index contributed by atoms with van der Waals surface area (Å²) in [7, 11) is 1.64. The first-order chi connectivity index (χ1) is 19.0. The predicted molar refractivity (Wildman–Crippen MR) is 155 cm³/mol. The molecule has 0 bridgehead atoms. The molecule has 0 radical (unpaired) electrons. The number of para-hydroxylation sites is 1. The molecule has 2 N–H and O–H groups in total. The molecule has 0 spiro atoms. The lowest BCUT2D eigenvalue weighted by Gasteiger charge is -2.28. The van der Waals surface area contributed by atoms with Crippen LogP contribution >= 0.6 is 11.8 Å². The van der Waals surface area contributed by atoms with Gasteiger partial charge in [-0.1, -0.05) is 54.2 Å². The molecule has 1 aromatic heterocycles. The van der Waals surface area contributed by atoms with E-state index in [1.54, 1.807) is 17.7 Å². The largest absolute Gasteiger partial charge is 0.385 e. The zero-order valence-electron chi connectivity index (χ0n) is 22.6. The molecular formula is C30H38N4O4S. The second-order valence-electron chi connectivity index (χ2n) is 10.1. The Labute approximate surface area is 233 Å².